The second kappa shape index (κ2) is 24.1. The third kappa shape index (κ3) is 15.9. The van der Waals surface area contributed by atoms with Gasteiger partial charge in [0.2, 0.25) is 0 Å². The van der Waals surface area contributed by atoms with Crippen LogP contribution in [0.1, 0.15) is 88.4 Å². The maximum absolute atomic E-state index is 12.7. The van der Waals surface area contributed by atoms with Gasteiger partial charge in [0.15, 0.2) is 5.78 Å². The predicted octanol–water partition coefficient (Wildman–Crippen LogP) is 7.86. The van der Waals surface area contributed by atoms with Gasteiger partial charge in [-0.1, -0.05) is 80.7 Å². The van der Waals surface area contributed by atoms with Crippen molar-refractivity contribution in [3.63, 3.8) is 0 Å². The predicted molar refractivity (Wildman–Crippen MR) is 195 cm³/mol. The Labute approximate surface area is 295 Å². The lowest BCUT2D eigenvalue weighted by molar-refractivity contribution is -0.157. The number of carbonyl (C=O) groups excluding carboxylic acids is 5. The lowest BCUT2D eigenvalue weighted by Crippen LogP contribution is -2.36. The highest BCUT2D eigenvalue weighted by Gasteiger charge is 2.26. The van der Waals surface area contributed by atoms with E-state index in [1.165, 1.54) is 25.3 Å². The minimum atomic E-state index is -0.996. The molecule has 10 heteroatoms. The largest absolute Gasteiger partial charge is 0.496 e. The van der Waals surface area contributed by atoms with Crippen LogP contribution in [0.4, 0.5) is 5.69 Å². The van der Waals surface area contributed by atoms with E-state index in [0.29, 0.717) is 24.9 Å². The molecule has 0 aromatic heterocycles. The summed E-state index contributed by atoms with van der Waals surface area (Å²) in [7, 11) is 3.07. The summed E-state index contributed by atoms with van der Waals surface area (Å²) in [5, 5.41) is 1.61. The number of hydrazine groups is 1. The number of hydrogen-bond acceptors (Lipinski definition) is 10. The van der Waals surface area contributed by atoms with Gasteiger partial charge >= 0.3 is 23.9 Å². The molecule has 1 aliphatic rings. The van der Waals surface area contributed by atoms with Crippen LogP contribution >= 0.6 is 0 Å². The topological polar surface area (TPSA) is 128 Å². The van der Waals surface area contributed by atoms with Crippen molar-refractivity contribution >= 4 is 35.3 Å². The van der Waals surface area contributed by atoms with Crippen LogP contribution in [-0.2, 0) is 28.7 Å². The quantitative estimate of drug-likeness (QED) is 0.0341. The molecule has 1 aliphatic carbocycles. The minimum absolute atomic E-state index is 0.0687. The maximum atomic E-state index is 12.7. The number of nitrogens with one attached hydrogen (secondary N) is 1. The van der Waals surface area contributed by atoms with E-state index in [0.717, 1.165) is 32.1 Å². The van der Waals surface area contributed by atoms with E-state index in [-0.39, 0.29) is 29.7 Å². The molecule has 1 N–H and O–H groups in total. The van der Waals surface area contributed by atoms with Gasteiger partial charge in [-0.15, -0.1) is 0 Å². The van der Waals surface area contributed by atoms with E-state index >= 15 is 0 Å². The molecule has 1 unspecified atom stereocenters. The van der Waals surface area contributed by atoms with E-state index < -0.39 is 35.7 Å². The van der Waals surface area contributed by atoms with E-state index in [1.807, 2.05) is 12.2 Å². The van der Waals surface area contributed by atoms with Gasteiger partial charge in [-0.25, -0.2) is 14.6 Å². The summed E-state index contributed by atoms with van der Waals surface area (Å²) in [6.45, 7) is 3.90. The molecule has 0 saturated heterocycles. The molecule has 1 aromatic carbocycles. The molecule has 0 saturated carbocycles. The smallest absolute Gasteiger partial charge is 0.349 e. The van der Waals surface area contributed by atoms with Gasteiger partial charge in [0, 0.05) is 26.0 Å². The van der Waals surface area contributed by atoms with Crippen LogP contribution in [-0.4, -0.2) is 54.9 Å². The summed E-state index contributed by atoms with van der Waals surface area (Å²) < 4.78 is 15.2. The number of allylic oxidation sites excluding steroid dienone is 11. The lowest BCUT2D eigenvalue weighted by Gasteiger charge is -2.27. The van der Waals surface area contributed by atoms with Crippen molar-refractivity contribution < 1.29 is 38.2 Å². The van der Waals surface area contributed by atoms with Crippen molar-refractivity contribution in [3.05, 3.63) is 108 Å². The van der Waals surface area contributed by atoms with Gasteiger partial charge in [0.1, 0.15) is 16.9 Å². The molecule has 0 amide bonds. The fourth-order valence-corrected chi connectivity index (χ4v) is 4.56. The van der Waals surface area contributed by atoms with E-state index in [2.05, 4.69) is 61.0 Å². The SMILES string of the molecule is CC/C=C\C/C=C\C/C=C\C/C=C\C/C=C\CCCC(=O)OC(=O)c1ccc(NN(C)C2C=CC(=O)C(C(=O)OC(=O)CCC)=C2)cc1OC. The molecular formula is C40H50N2O8. The number of esters is 4. The Balaban J connectivity index is 1.77. The highest BCUT2D eigenvalue weighted by atomic mass is 16.6. The normalized spacial score (nSPS) is 14.8. The average Bonchev–Trinajstić information content (AvgIpc) is 3.09. The third-order valence-electron chi connectivity index (χ3n) is 7.22. The van der Waals surface area contributed by atoms with Gasteiger partial charge in [-0.05, 0) is 75.7 Å². The molecule has 268 valence electrons. The van der Waals surface area contributed by atoms with Crippen LogP contribution in [0.3, 0.4) is 0 Å². The summed E-state index contributed by atoms with van der Waals surface area (Å²) >= 11 is 0. The molecule has 2 rings (SSSR count). The molecule has 0 spiro atoms. The van der Waals surface area contributed by atoms with Gasteiger partial charge in [0.05, 0.1) is 18.8 Å². The average molecular weight is 687 g/mol. The third-order valence-corrected chi connectivity index (χ3v) is 7.22. The maximum Gasteiger partial charge on any atom is 0.349 e. The van der Waals surface area contributed by atoms with Gasteiger partial charge in [-0.3, -0.25) is 14.4 Å². The Bertz CT molecular complexity index is 1510. The fourth-order valence-electron chi connectivity index (χ4n) is 4.56. The zero-order chi connectivity index (χ0) is 36.6. The zero-order valence-electron chi connectivity index (χ0n) is 29.6. The van der Waals surface area contributed by atoms with Crippen LogP contribution in [0, 0.1) is 0 Å². The summed E-state index contributed by atoms with van der Waals surface area (Å²) in [5.74, 6) is -3.51. The number of methoxy groups -OCH3 is 1. The molecule has 50 heavy (non-hydrogen) atoms. The summed E-state index contributed by atoms with van der Waals surface area (Å²) in [5.41, 5.74) is 3.45. The molecule has 1 aromatic rings. The number of unbranched alkanes of at least 4 members (excludes halogenated alkanes) is 1. The number of nitrogens with zero attached hydrogens (tertiary/aromatic N) is 1. The minimum Gasteiger partial charge on any atom is -0.496 e. The summed E-state index contributed by atoms with van der Waals surface area (Å²) in [4.78, 5) is 61.4. The van der Waals surface area contributed by atoms with Crippen LogP contribution in [0.2, 0.25) is 0 Å². The van der Waals surface area contributed by atoms with Crippen LogP contribution < -0.4 is 10.2 Å². The summed E-state index contributed by atoms with van der Waals surface area (Å²) in [6, 6.07) is 4.08. The first-order valence-corrected chi connectivity index (χ1v) is 17.1. The monoisotopic (exact) mass is 686 g/mol. The van der Waals surface area contributed by atoms with E-state index in [9.17, 15) is 24.0 Å². The molecule has 0 radical (unpaired) electrons. The van der Waals surface area contributed by atoms with Crippen molar-refractivity contribution in [2.24, 2.45) is 0 Å². The Morgan fingerprint density at radius 3 is 1.98 bits per heavy atom. The Kier molecular flexibility index (Phi) is 19.8. The van der Waals surface area contributed by atoms with Gasteiger partial charge in [0.25, 0.3) is 0 Å². The number of rotatable bonds is 21. The molecule has 10 nitrogen and oxygen atoms in total. The van der Waals surface area contributed by atoms with Crippen molar-refractivity contribution in [2.45, 2.75) is 84.1 Å². The van der Waals surface area contributed by atoms with Crippen LogP contribution in [0.25, 0.3) is 0 Å². The molecular weight excluding hydrogens is 636 g/mol. The molecule has 0 fully saturated rings. The standard InChI is InChI=1S/C40H50N2O8/c1-5-7-8-9-10-11-12-13-14-15-16-17-18-19-20-21-22-24-38(45)50-39(46)33-27-25-31(29-36(33)48-4)41-42(3)32-26-28-35(43)34(30-32)40(47)49-37(44)23-6-2/h7-8,10-11,13-14,16-17,19-20,25-30,32,41H,5-6,9,12,15,18,21-24H2,1-4H3/b8-7-,11-10-,14-13-,17-16-,20-19-. The number of ketones is 1. The molecule has 0 heterocycles. The first-order chi connectivity index (χ1) is 24.2. The van der Waals surface area contributed by atoms with Gasteiger partial charge < -0.3 is 19.6 Å². The van der Waals surface area contributed by atoms with Crippen LogP contribution in [0.5, 0.6) is 5.75 Å². The van der Waals surface area contributed by atoms with Crippen LogP contribution in [0.15, 0.2) is 103 Å². The van der Waals surface area contributed by atoms with Crippen molar-refractivity contribution in [3.8, 4) is 5.75 Å². The van der Waals surface area contributed by atoms with Crippen molar-refractivity contribution in [1.29, 1.82) is 0 Å². The first kappa shape index (κ1) is 41.1. The second-order valence-corrected chi connectivity index (χ2v) is 11.3. The number of likely N-dealkylation sites (N-methyl/N-ethyl adjacent to an activating group) is 1. The van der Waals surface area contributed by atoms with Gasteiger partial charge in [-0.2, -0.15) is 0 Å². The number of hydrogen-bond donors (Lipinski definition) is 1. The first-order valence-electron chi connectivity index (χ1n) is 17.1. The lowest BCUT2D eigenvalue weighted by atomic mass is 10.0. The number of ether oxygens (including phenoxy) is 3. The van der Waals surface area contributed by atoms with Crippen molar-refractivity contribution in [2.75, 3.05) is 19.6 Å². The molecule has 1 atom stereocenters. The Hall–Kier alpha value is -5.09. The Morgan fingerprint density at radius 1 is 0.800 bits per heavy atom. The number of carbonyl (C=O) groups is 5. The molecule has 0 aliphatic heterocycles. The van der Waals surface area contributed by atoms with E-state index in [1.54, 1.807) is 37.2 Å². The second-order valence-electron chi connectivity index (χ2n) is 11.3. The highest BCUT2D eigenvalue weighted by Crippen LogP contribution is 2.25. The fraction of sp³-hybridized carbons (Fsp3) is 0.375. The highest BCUT2D eigenvalue weighted by molar-refractivity contribution is 6.23. The summed E-state index contributed by atoms with van der Waals surface area (Å²) in [6.07, 6.45) is 32.1. The van der Waals surface area contributed by atoms with E-state index in [4.69, 9.17) is 14.2 Å². The molecule has 0 bridgehead atoms. The number of benzene rings is 1. The van der Waals surface area contributed by atoms with Crippen molar-refractivity contribution in [1.82, 2.24) is 5.01 Å². The Morgan fingerprint density at radius 2 is 1.38 bits per heavy atom. The zero-order valence-corrected chi connectivity index (χ0v) is 29.6. The number of anilines is 1.